The number of aromatic carboxylic acids is 1. The van der Waals surface area contributed by atoms with Crippen LogP contribution in [-0.2, 0) is 0 Å². The largest absolute Gasteiger partial charge is 0.478 e. The van der Waals surface area contributed by atoms with E-state index in [-0.39, 0.29) is 17.0 Å². The number of carboxylic acids is 1. The van der Waals surface area contributed by atoms with Crippen LogP contribution in [-0.4, -0.2) is 16.2 Å². The van der Waals surface area contributed by atoms with E-state index < -0.39 is 11.1 Å². The van der Waals surface area contributed by atoms with E-state index in [1.807, 2.05) is 0 Å². The number of carboxylic acid groups (broad SMARTS) is 1. The van der Waals surface area contributed by atoms with Crippen molar-refractivity contribution in [3.05, 3.63) is 33.9 Å². The molecule has 0 aromatic heterocycles. The van der Waals surface area contributed by atoms with Crippen molar-refractivity contribution >= 4 is 11.7 Å². The van der Waals surface area contributed by atoms with Gasteiger partial charge in [0.2, 0.25) is 0 Å². The summed E-state index contributed by atoms with van der Waals surface area (Å²) < 4.78 is 0. The number of hydrogen-bond acceptors (Lipinski definition) is 5. The van der Waals surface area contributed by atoms with E-state index in [4.69, 9.17) is 10.8 Å². The summed E-state index contributed by atoms with van der Waals surface area (Å²) in [5, 5.41) is 17.5. The average Bonchev–Trinajstić information content (AvgIpc) is 2.01. The summed E-state index contributed by atoms with van der Waals surface area (Å²) in [5.41, 5.74) is 5.19. The molecule has 0 aliphatic heterocycles. The van der Waals surface area contributed by atoms with Gasteiger partial charge in [-0.2, -0.15) is 0 Å². The maximum Gasteiger partial charge on any atom is 0.337 e. The van der Waals surface area contributed by atoms with Crippen LogP contribution in [0.4, 0.5) is 5.69 Å². The molecule has 0 heterocycles. The van der Waals surface area contributed by atoms with E-state index >= 15 is 0 Å². The lowest BCUT2D eigenvalue weighted by Gasteiger charge is -2.03. The van der Waals surface area contributed by atoms with Crippen molar-refractivity contribution in [3.8, 4) is 5.75 Å². The third kappa shape index (κ3) is 2.09. The number of rotatable bonds is 3. The Bertz CT molecular complexity index is 390. The van der Waals surface area contributed by atoms with Crippen molar-refractivity contribution in [1.29, 1.82) is 0 Å². The molecule has 7 heteroatoms. The second kappa shape index (κ2) is 3.60. The summed E-state index contributed by atoms with van der Waals surface area (Å²) in [6.45, 7) is 0. The Labute approximate surface area is 77.8 Å². The summed E-state index contributed by atoms with van der Waals surface area (Å²) in [5.74, 6) is -1.70. The molecule has 0 atom stereocenters. The van der Waals surface area contributed by atoms with Crippen molar-refractivity contribution in [2.75, 3.05) is 5.73 Å². The molecule has 0 saturated carbocycles. The summed E-state index contributed by atoms with van der Waals surface area (Å²) in [6, 6.07) is 3.53. The van der Waals surface area contributed by atoms with Gasteiger partial charge in [-0.15, -0.1) is 10.1 Å². The van der Waals surface area contributed by atoms with Gasteiger partial charge in [-0.25, -0.2) is 4.79 Å². The molecule has 0 amide bonds. The SMILES string of the molecule is Nc1ccc(C(=O)O)c(O[N+](=O)[O-])c1. The van der Waals surface area contributed by atoms with Gasteiger partial charge in [0.25, 0.3) is 5.09 Å². The molecule has 0 fully saturated rings. The highest BCUT2D eigenvalue weighted by Crippen LogP contribution is 2.21. The Morgan fingerprint density at radius 3 is 2.71 bits per heavy atom. The van der Waals surface area contributed by atoms with E-state index in [1.165, 1.54) is 6.07 Å². The molecule has 1 aromatic carbocycles. The molecule has 14 heavy (non-hydrogen) atoms. The van der Waals surface area contributed by atoms with Gasteiger partial charge in [0.15, 0.2) is 0 Å². The highest BCUT2D eigenvalue weighted by Gasteiger charge is 2.13. The van der Waals surface area contributed by atoms with Crippen molar-refractivity contribution in [3.63, 3.8) is 0 Å². The van der Waals surface area contributed by atoms with E-state index in [2.05, 4.69) is 4.84 Å². The van der Waals surface area contributed by atoms with Crippen molar-refractivity contribution in [1.82, 2.24) is 0 Å². The van der Waals surface area contributed by atoms with Crippen LogP contribution in [0.25, 0.3) is 0 Å². The fourth-order valence-electron chi connectivity index (χ4n) is 0.871. The van der Waals surface area contributed by atoms with Crippen LogP contribution in [0, 0.1) is 10.1 Å². The number of carbonyl (C=O) groups is 1. The molecule has 0 spiro atoms. The van der Waals surface area contributed by atoms with E-state index in [0.29, 0.717) is 0 Å². The van der Waals surface area contributed by atoms with Crippen molar-refractivity contribution in [2.45, 2.75) is 0 Å². The number of nitrogens with two attached hydrogens (primary N) is 1. The number of anilines is 1. The molecule has 0 unspecified atom stereocenters. The first kappa shape index (κ1) is 9.78. The van der Waals surface area contributed by atoms with Gasteiger partial charge >= 0.3 is 5.97 Å². The average molecular weight is 198 g/mol. The molecule has 74 valence electrons. The minimum Gasteiger partial charge on any atom is -0.478 e. The first-order valence-electron chi connectivity index (χ1n) is 3.46. The van der Waals surface area contributed by atoms with Crippen LogP contribution in [0.1, 0.15) is 10.4 Å². The zero-order chi connectivity index (χ0) is 10.7. The molecule has 0 aliphatic carbocycles. The predicted octanol–water partition coefficient (Wildman–Crippen LogP) is 0.538. The topological polar surface area (TPSA) is 116 Å². The Hall–Kier alpha value is -2.31. The van der Waals surface area contributed by atoms with Crippen molar-refractivity contribution < 1.29 is 19.8 Å². The molecule has 0 saturated heterocycles. The lowest BCUT2D eigenvalue weighted by molar-refractivity contribution is -0.711. The minimum atomic E-state index is -1.32. The highest BCUT2D eigenvalue weighted by atomic mass is 17.0. The van der Waals surface area contributed by atoms with E-state index in [9.17, 15) is 14.9 Å². The predicted molar refractivity (Wildman–Crippen MR) is 45.4 cm³/mol. The quantitative estimate of drug-likeness (QED) is 0.416. The van der Waals surface area contributed by atoms with Crippen LogP contribution in [0.5, 0.6) is 5.75 Å². The van der Waals surface area contributed by atoms with Gasteiger partial charge < -0.3 is 10.8 Å². The number of benzene rings is 1. The standard InChI is InChI=1S/C7H6N2O5/c8-4-1-2-5(7(10)11)6(3-4)14-9(12)13/h1-3H,8H2,(H,10,11). The highest BCUT2D eigenvalue weighted by molar-refractivity contribution is 5.91. The van der Waals surface area contributed by atoms with E-state index in [1.54, 1.807) is 0 Å². The van der Waals surface area contributed by atoms with Gasteiger partial charge in [-0.3, -0.25) is 4.84 Å². The Balaban J connectivity index is 3.15. The smallest absolute Gasteiger partial charge is 0.337 e. The molecule has 1 rings (SSSR count). The van der Waals surface area contributed by atoms with Crippen molar-refractivity contribution in [2.24, 2.45) is 0 Å². The van der Waals surface area contributed by atoms with Crippen LogP contribution in [0.2, 0.25) is 0 Å². The fraction of sp³-hybridized carbons (Fsp3) is 0. The summed E-state index contributed by atoms with van der Waals surface area (Å²) in [6.07, 6.45) is 0. The maximum absolute atomic E-state index is 10.6. The molecule has 7 nitrogen and oxygen atoms in total. The molecule has 3 N–H and O–H groups in total. The van der Waals surface area contributed by atoms with Gasteiger partial charge in [0.05, 0.1) is 5.56 Å². The second-order valence-electron chi connectivity index (χ2n) is 2.38. The van der Waals surface area contributed by atoms with Crippen LogP contribution in [0.3, 0.4) is 0 Å². The normalized spacial score (nSPS) is 9.43. The summed E-state index contributed by atoms with van der Waals surface area (Å²) in [4.78, 5) is 24.6. The Morgan fingerprint density at radius 1 is 1.57 bits per heavy atom. The zero-order valence-electron chi connectivity index (χ0n) is 6.84. The Morgan fingerprint density at radius 2 is 2.21 bits per heavy atom. The maximum atomic E-state index is 10.6. The lowest BCUT2D eigenvalue weighted by Crippen LogP contribution is -2.09. The number of nitrogens with zero attached hydrogens (tertiary/aromatic N) is 1. The summed E-state index contributed by atoms with van der Waals surface area (Å²) >= 11 is 0. The lowest BCUT2D eigenvalue weighted by atomic mass is 10.2. The van der Waals surface area contributed by atoms with Gasteiger partial charge in [-0.1, -0.05) is 0 Å². The molecule has 0 aliphatic rings. The Kier molecular flexibility index (Phi) is 2.52. The zero-order valence-corrected chi connectivity index (χ0v) is 6.84. The third-order valence-electron chi connectivity index (χ3n) is 1.41. The van der Waals surface area contributed by atoms with Gasteiger partial charge in [-0.05, 0) is 18.2 Å². The molecule has 0 radical (unpaired) electrons. The molecular weight excluding hydrogens is 192 g/mol. The van der Waals surface area contributed by atoms with Gasteiger partial charge in [0, 0.05) is 5.69 Å². The van der Waals surface area contributed by atoms with Crippen LogP contribution >= 0.6 is 0 Å². The third-order valence-corrected chi connectivity index (χ3v) is 1.41. The van der Waals surface area contributed by atoms with Gasteiger partial charge in [0.1, 0.15) is 5.75 Å². The number of nitrogen functional groups attached to an aromatic ring is 1. The molecular formula is C7H6N2O5. The van der Waals surface area contributed by atoms with Crippen LogP contribution in [0.15, 0.2) is 18.2 Å². The van der Waals surface area contributed by atoms with E-state index in [0.717, 1.165) is 12.1 Å². The van der Waals surface area contributed by atoms with Crippen LogP contribution < -0.4 is 10.6 Å². The monoisotopic (exact) mass is 198 g/mol. The minimum absolute atomic E-state index is 0.187. The first-order chi connectivity index (χ1) is 6.50. The first-order valence-corrected chi connectivity index (χ1v) is 3.46. The molecule has 1 aromatic rings. The fourth-order valence-corrected chi connectivity index (χ4v) is 0.871. The summed E-state index contributed by atoms with van der Waals surface area (Å²) in [7, 11) is 0. The number of hydrogen-bond donors (Lipinski definition) is 2. The molecule has 0 bridgehead atoms. The second-order valence-corrected chi connectivity index (χ2v) is 2.38.